The summed E-state index contributed by atoms with van der Waals surface area (Å²) in [6, 6.07) is 15.5. The number of rotatable bonds is 2. The largest absolute Gasteiger partial charge is 0.399 e. The average molecular weight is 247 g/mol. The fraction of sp³-hybridized carbons (Fsp3) is 0. The molecule has 0 saturated carbocycles. The predicted octanol–water partition coefficient (Wildman–Crippen LogP) is 3.38. The Morgan fingerprint density at radius 3 is 2.37 bits per heavy atom. The zero-order valence-corrected chi connectivity index (χ0v) is 10.3. The van der Waals surface area contributed by atoms with Gasteiger partial charge in [0, 0.05) is 5.69 Å². The van der Waals surface area contributed by atoms with Gasteiger partial charge >= 0.3 is 0 Å². The summed E-state index contributed by atoms with van der Waals surface area (Å²) in [4.78, 5) is 8.91. The third kappa shape index (κ3) is 2.60. The fourth-order valence-corrected chi connectivity index (χ4v) is 1.84. The number of aromatic nitrogens is 2. The molecule has 0 fully saturated rings. The van der Waals surface area contributed by atoms with Gasteiger partial charge < -0.3 is 5.73 Å². The monoisotopic (exact) mass is 247 g/mol. The van der Waals surface area contributed by atoms with Gasteiger partial charge in [-0.2, -0.15) is 0 Å². The van der Waals surface area contributed by atoms with E-state index in [9.17, 15) is 0 Å². The van der Waals surface area contributed by atoms with Crippen LogP contribution in [-0.2, 0) is 0 Å². The van der Waals surface area contributed by atoms with Crippen LogP contribution in [0.4, 0.5) is 5.69 Å². The fourth-order valence-electron chi connectivity index (χ4n) is 1.84. The number of nitrogen functional groups attached to an aromatic ring is 1. The highest BCUT2D eigenvalue weighted by Gasteiger charge is 1.95. The number of benzene rings is 2. The molecule has 0 bridgehead atoms. The number of para-hydroxylation sites is 2. The predicted molar refractivity (Wildman–Crippen MR) is 79.3 cm³/mol. The third-order valence-electron chi connectivity index (χ3n) is 2.85. The second-order valence-electron chi connectivity index (χ2n) is 4.28. The summed E-state index contributed by atoms with van der Waals surface area (Å²) < 4.78 is 0. The molecule has 2 aromatic carbocycles. The van der Waals surface area contributed by atoms with Crippen molar-refractivity contribution in [1.29, 1.82) is 0 Å². The van der Waals surface area contributed by atoms with E-state index in [0.717, 1.165) is 28.0 Å². The van der Waals surface area contributed by atoms with Crippen molar-refractivity contribution < 1.29 is 0 Å². The van der Waals surface area contributed by atoms with Crippen LogP contribution in [0.5, 0.6) is 0 Å². The second kappa shape index (κ2) is 4.90. The van der Waals surface area contributed by atoms with E-state index < -0.39 is 0 Å². The smallest absolute Gasteiger partial charge is 0.0894 e. The summed E-state index contributed by atoms with van der Waals surface area (Å²) in [5.74, 6) is 0. The Kier molecular flexibility index (Phi) is 2.94. The lowest BCUT2D eigenvalue weighted by Gasteiger charge is -1.98. The van der Waals surface area contributed by atoms with Crippen molar-refractivity contribution in [3.63, 3.8) is 0 Å². The molecule has 0 saturated heterocycles. The Bertz CT molecular complexity index is 730. The Labute approximate surface area is 111 Å². The summed E-state index contributed by atoms with van der Waals surface area (Å²) in [7, 11) is 0. The van der Waals surface area contributed by atoms with Crippen molar-refractivity contribution in [2.45, 2.75) is 0 Å². The number of nitrogens with two attached hydrogens (primary N) is 1. The van der Waals surface area contributed by atoms with Crippen molar-refractivity contribution in [1.82, 2.24) is 9.97 Å². The lowest BCUT2D eigenvalue weighted by Crippen LogP contribution is -1.86. The molecule has 2 N–H and O–H groups in total. The van der Waals surface area contributed by atoms with E-state index in [4.69, 9.17) is 5.73 Å². The van der Waals surface area contributed by atoms with E-state index in [1.165, 1.54) is 0 Å². The molecular formula is C16H13N3. The number of anilines is 1. The molecule has 3 nitrogen and oxygen atoms in total. The van der Waals surface area contributed by atoms with E-state index in [0.29, 0.717) is 0 Å². The van der Waals surface area contributed by atoms with Gasteiger partial charge in [0.2, 0.25) is 0 Å². The maximum absolute atomic E-state index is 5.65. The summed E-state index contributed by atoms with van der Waals surface area (Å²) in [5, 5.41) is 0. The van der Waals surface area contributed by atoms with E-state index in [-0.39, 0.29) is 0 Å². The van der Waals surface area contributed by atoms with Crippen LogP contribution < -0.4 is 5.73 Å². The van der Waals surface area contributed by atoms with Crippen LogP contribution in [0.25, 0.3) is 23.2 Å². The van der Waals surface area contributed by atoms with E-state index >= 15 is 0 Å². The summed E-state index contributed by atoms with van der Waals surface area (Å²) in [6.45, 7) is 0. The van der Waals surface area contributed by atoms with Crippen molar-refractivity contribution in [3.05, 3.63) is 66.0 Å². The first kappa shape index (κ1) is 11.4. The molecule has 0 atom stereocenters. The quantitative estimate of drug-likeness (QED) is 0.706. The van der Waals surface area contributed by atoms with Gasteiger partial charge in [0.25, 0.3) is 0 Å². The number of hydrogen-bond donors (Lipinski definition) is 1. The van der Waals surface area contributed by atoms with Crippen molar-refractivity contribution in [3.8, 4) is 0 Å². The lowest BCUT2D eigenvalue weighted by atomic mass is 10.2. The molecule has 0 aliphatic heterocycles. The molecule has 0 radical (unpaired) electrons. The minimum Gasteiger partial charge on any atom is -0.399 e. The van der Waals surface area contributed by atoms with Gasteiger partial charge in [0.15, 0.2) is 0 Å². The first-order valence-corrected chi connectivity index (χ1v) is 6.07. The van der Waals surface area contributed by atoms with E-state index in [2.05, 4.69) is 9.97 Å². The molecule has 3 rings (SSSR count). The van der Waals surface area contributed by atoms with Gasteiger partial charge in [-0.05, 0) is 35.9 Å². The molecule has 1 heterocycles. The van der Waals surface area contributed by atoms with Crippen LogP contribution in [0.3, 0.4) is 0 Å². The van der Waals surface area contributed by atoms with Gasteiger partial charge in [0.1, 0.15) is 0 Å². The first-order valence-electron chi connectivity index (χ1n) is 6.07. The van der Waals surface area contributed by atoms with Crippen LogP contribution in [0.1, 0.15) is 11.3 Å². The Hall–Kier alpha value is -2.68. The molecule has 0 spiro atoms. The number of fused-ring (bicyclic) bond motifs is 1. The second-order valence-corrected chi connectivity index (χ2v) is 4.28. The number of hydrogen-bond acceptors (Lipinski definition) is 3. The van der Waals surface area contributed by atoms with Crippen molar-refractivity contribution >= 4 is 28.9 Å². The van der Waals surface area contributed by atoms with Crippen LogP contribution in [-0.4, -0.2) is 9.97 Å². The zero-order valence-electron chi connectivity index (χ0n) is 10.3. The molecule has 0 aliphatic carbocycles. The summed E-state index contributed by atoms with van der Waals surface area (Å²) in [5.41, 5.74) is 10.2. The van der Waals surface area contributed by atoms with E-state index in [1.54, 1.807) is 6.20 Å². The minimum absolute atomic E-state index is 0.766. The van der Waals surface area contributed by atoms with Gasteiger partial charge in [-0.3, -0.25) is 4.98 Å². The first-order chi connectivity index (χ1) is 9.31. The highest BCUT2D eigenvalue weighted by molar-refractivity contribution is 5.76. The molecule has 0 unspecified atom stereocenters. The SMILES string of the molecule is Nc1ccc(/C=C/c2cnc3ccccc3n2)cc1. The molecule has 0 aliphatic rings. The van der Waals surface area contributed by atoms with Gasteiger partial charge in [-0.1, -0.05) is 30.3 Å². The standard InChI is InChI=1S/C16H13N3/c17-13-8-5-12(6-9-13)7-10-14-11-18-15-3-1-2-4-16(15)19-14/h1-11H,17H2/b10-7+. The summed E-state index contributed by atoms with van der Waals surface area (Å²) >= 11 is 0. The highest BCUT2D eigenvalue weighted by Crippen LogP contribution is 2.12. The van der Waals surface area contributed by atoms with Crippen molar-refractivity contribution in [2.24, 2.45) is 0 Å². The molecular weight excluding hydrogens is 234 g/mol. The van der Waals surface area contributed by atoms with Crippen LogP contribution in [0, 0.1) is 0 Å². The Balaban J connectivity index is 1.90. The van der Waals surface area contributed by atoms with Crippen molar-refractivity contribution in [2.75, 3.05) is 5.73 Å². The molecule has 19 heavy (non-hydrogen) atoms. The molecule has 92 valence electrons. The summed E-state index contributed by atoms with van der Waals surface area (Å²) in [6.07, 6.45) is 5.72. The van der Waals surface area contributed by atoms with E-state index in [1.807, 2.05) is 60.7 Å². The Morgan fingerprint density at radius 2 is 1.58 bits per heavy atom. The van der Waals surface area contributed by atoms with Crippen LogP contribution >= 0.6 is 0 Å². The number of nitrogens with zero attached hydrogens (tertiary/aromatic N) is 2. The molecule has 3 heteroatoms. The molecule has 1 aromatic heterocycles. The minimum atomic E-state index is 0.766. The van der Waals surface area contributed by atoms with Gasteiger partial charge in [-0.15, -0.1) is 0 Å². The van der Waals surface area contributed by atoms with Gasteiger partial charge in [0.05, 0.1) is 22.9 Å². The van der Waals surface area contributed by atoms with Crippen LogP contribution in [0.15, 0.2) is 54.7 Å². The lowest BCUT2D eigenvalue weighted by molar-refractivity contribution is 1.27. The van der Waals surface area contributed by atoms with Crippen LogP contribution in [0.2, 0.25) is 0 Å². The zero-order chi connectivity index (χ0) is 13.1. The topological polar surface area (TPSA) is 51.8 Å². The Morgan fingerprint density at radius 1 is 0.842 bits per heavy atom. The average Bonchev–Trinajstić information content (AvgIpc) is 2.46. The molecule has 0 amide bonds. The maximum atomic E-state index is 5.65. The van der Waals surface area contributed by atoms with Gasteiger partial charge in [-0.25, -0.2) is 4.98 Å². The normalized spacial score (nSPS) is 11.2. The maximum Gasteiger partial charge on any atom is 0.0894 e. The molecule has 3 aromatic rings. The highest BCUT2D eigenvalue weighted by atomic mass is 14.8. The third-order valence-corrected chi connectivity index (χ3v) is 2.85.